The largest absolute Gasteiger partial charge is 0.478 e. The zero-order chi connectivity index (χ0) is 25.5. The van der Waals surface area contributed by atoms with Crippen LogP contribution in [0.15, 0.2) is 42.0 Å². The number of likely N-dealkylation sites (N-methyl/N-ethyl adjacent to an activating group) is 2. The maximum absolute atomic E-state index is 13.6. The quantitative estimate of drug-likeness (QED) is 0.466. The van der Waals surface area contributed by atoms with Crippen LogP contribution < -0.4 is 10.6 Å². The molecule has 0 heterocycles. The van der Waals surface area contributed by atoms with Crippen LogP contribution in [0.1, 0.15) is 59.9 Å². The van der Waals surface area contributed by atoms with Gasteiger partial charge in [0.25, 0.3) is 0 Å². The average molecular weight is 460 g/mol. The molecule has 184 valence electrons. The number of hydrogen-bond donors (Lipinski definition) is 3. The zero-order valence-electron chi connectivity index (χ0n) is 21.5. The highest BCUT2D eigenvalue weighted by Crippen LogP contribution is 2.25. The van der Waals surface area contributed by atoms with Crippen molar-refractivity contribution in [1.29, 1.82) is 0 Å². The molecule has 1 rings (SSSR count). The Kier molecular flexibility index (Phi) is 10.3. The van der Waals surface area contributed by atoms with Gasteiger partial charge in [-0.05, 0) is 30.9 Å². The Morgan fingerprint density at radius 1 is 1.06 bits per heavy atom. The van der Waals surface area contributed by atoms with E-state index in [4.69, 9.17) is 0 Å². The van der Waals surface area contributed by atoms with Crippen molar-refractivity contribution in [1.82, 2.24) is 15.5 Å². The third-order valence-corrected chi connectivity index (χ3v) is 6.05. The molecule has 1 aromatic rings. The van der Waals surface area contributed by atoms with E-state index in [0.29, 0.717) is 0 Å². The van der Waals surface area contributed by atoms with Crippen molar-refractivity contribution in [2.24, 2.45) is 11.3 Å². The second-order valence-corrected chi connectivity index (χ2v) is 10.1. The molecule has 0 radical (unpaired) electrons. The summed E-state index contributed by atoms with van der Waals surface area (Å²) in [4.78, 5) is 39.8. The lowest BCUT2D eigenvalue weighted by Crippen LogP contribution is -2.59. The first-order valence-electron chi connectivity index (χ1n) is 11.4. The molecule has 4 atom stereocenters. The Morgan fingerprint density at radius 3 is 2.03 bits per heavy atom. The molecule has 0 fully saturated rings. The van der Waals surface area contributed by atoms with Crippen molar-refractivity contribution in [2.75, 3.05) is 14.1 Å². The van der Waals surface area contributed by atoms with E-state index in [9.17, 15) is 19.5 Å². The SMILES string of the molecule is CNC(C(=O)NC(C(=O)N(C)C(/C=C(\C)C(=O)O)C(C)C)C(C)(C)C)C(C)c1ccccc1. The summed E-state index contributed by atoms with van der Waals surface area (Å²) in [5, 5.41) is 15.4. The van der Waals surface area contributed by atoms with E-state index in [2.05, 4.69) is 10.6 Å². The van der Waals surface area contributed by atoms with Gasteiger partial charge in [-0.1, -0.05) is 78.0 Å². The van der Waals surface area contributed by atoms with E-state index in [-0.39, 0.29) is 29.2 Å². The Labute approximate surface area is 198 Å². The summed E-state index contributed by atoms with van der Waals surface area (Å²) in [5.74, 6) is -1.64. The molecule has 0 aliphatic carbocycles. The summed E-state index contributed by atoms with van der Waals surface area (Å²) < 4.78 is 0. The summed E-state index contributed by atoms with van der Waals surface area (Å²) in [6.07, 6.45) is 1.60. The summed E-state index contributed by atoms with van der Waals surface area (Å²) in [6.45, 7) is 13.1. The Balaban J connectivity index is 3.20. The molecule has 7 heteroatoms. The van der Waals surface area contributed by atoms with Crippen molar-refractivity contribution in [3.05, 3.63) is 47.5 Å². The van der Waals surface area contributed by atoms with Crippen LogP contribution in [-0.2, 0) is 14.4 Å². The van der Waals surface area contributed by atoms with E-state index in [1.807, 2.05) is 71.9 Å². The molecule has 0 spiro atoms. The van der Waals surface area contributed by atoms with Gasteiger partial charge < -0.3 is 20.6 Å². The van der Waals surface area contributed by atoms with E-state index in [1.165, 1.54) is 6.92 Å². The first-order valence-corrected chi connectivity index (χ1v) is 11.4. The standard InChI is InChI=1S/C26H41N3O4/c1-16(2)20(15-17(3)25(32)33)29(9)24(31)22(26(5,6)7)28-23(30)21(27-8)18(4)19-13-11-10-12-14-19/h10-16,18,20-22,27H,1-9H3,(H,28,30)(H,32,33)/b17-15+. The number of nitrogens with one attached hydrogen (secondary N) is 2. The summed E-state index contributed by atoms with van der Waals surface area (Å²) in [6, 6.07) is 8.04. The van der Waals surface area contributed by atoms with E-state index < -0.39 is 29.5 Å². The third kappa shape index (κ3) is 7.70. The second kappa shape index (κ2) is 12.0. The fourth-order valence-corrected chi connectivity index (χ4v) is 3.87. The van der Waals surface area contributed by atoms with Gasteiger partial charge in [0.05, 0.1) is 12.1 Å². The maximum Gasteiger partial charge on any atom is 0.331 e. The Bertz CT molecular complexity index is 843. The minimum absolute atomic E-state index is 0.00673. The minimum Gasteiger partial charge on any atom is -0.478 e. The lowest BCUT2D eigenvalue weighted by molar-refractivity contribution is -0.140. The van der Waals surface area contributed by atoms with Crippen molar-refractivity contribution >= 4 is 17.8 Å². The van der Waals surface area contributed by atoms with Crippen molar-refractivity contribution in [3.63, 3.8) is 0 Å². The summed E-state index contributed by atoms with van der Waals surface area (Å²) in [5.41, 5.74) is 0.649. The predicted octanol–water partition coefficient (Wildman–Crippen LogP) is 3.42. The lowest BCUT2D eigenvalue weighted by atomic mass is 9.84. The van der Waals surface area contributed by atoms with Crippen LogP contribution in [0.4, 0.5) is 0 Å². The number of carboxylic acid groups (broad SMARTS) is 1. The number of hydrogen-bond acceptors (Lipinski definition) is 4. The van der Waals surface area contributed by atoms with Gasteiger partial charge in [-0.3, -0.25) is 9.59 Å². The maximum atomic E-state index is 13.6. The van der Waals surface area contributed by atoms with E-state index >= 15 is 0 Å². The third-order valence-electron chi connectivity index (χ3n) is 6.05. The van der Waals surface area contributed by atoms with Crippen molar-refractivity contribution < 1.29 is 19.5 Å². The van der Waals surface area contributed by atoms with Crippen LogP contribution in [0, 0.1) is 11.3 Å². The molecule has 0 aromatic heterocycles. The highest BCUT2D eigenvalue weighted by atomic mass is 16.4. The van der Waals surface area contributed by atoms with Crippen molar-refractivity contribution in [2.45, 2.75) is 72.5 Å². The number of aliphatic carboxylic acids is 1. The number of rotatable bonds is 10. The highest BCUT2D eigenvalue weighted by molar-refractivity contribution is 5.91. The number of carbonyl (C=O) groups excluding carboxylic acids is 2. The minimum atomic E-state index is -1.02. The molecular formula is C26H41N3O4. The van der Waals surface area contributed by atoms with Gasteiger partial charge in [0.15, 0.2) is 0 Å². The molecule has 33 heavy (non-hydrogen) atoms. The fourth-order valence-electron chi connectivity index (χ4n) is 3.87. The number of carbonyl (C=O) groups is 3. The molecule has 0 aliphatic rings. The topological polar surface area (TPSA) is 98.7 Å². The van der Waals surface area contributed by atoms with Crippen LogP contribution >= 0.6 is 0 Å². The van der Waals surface area contributed by atoms with Gasteiger partial charge in [0.2, 0.25) is 11.8 Å². The fraction of sp³-hybridized carbons (Fsp3) is 0.577. The molecule has 2 amide bonds. The average Bonchev–Trinajstić information content (AvgIpc) is 2.74. The van der Waals surface area contributed by atoms with E-state index in [0.717, 1.165) is 5.56 Å². The lowest BCUT2D eigenvalue weighted by Gasteiger charge is -2.38. The molecule has 0 saturated carbocycles. The molecule has 0 bridgehead atoms. The number of nitrogens with zero attached hydrogens (tertiary/aromatic N) is 1. The first kappa shape index (κ1) is 28.4. The van der Waals surface area contributed by atoms with Crippen LogP contribution in [-0.4, -0.2) is 60.0 Å². The Morgan fingerprint density at radius 2 is 1.61 bits per heavy atom. The van der Waals surface area contributed by atoms with Crippen LogP contribution in [0.5, 0.6) is 0 Å². The monoisotopic (exact) mass is 459 g/mol. The van der Waals surface area contributed by atoms with Crippen LogP contribution in [0.2, 0.25) is 0 Å². The van der Waals surface area contributed by atoms with Crippen LogP contribution in [0.3, 0.4) is 0 Å². The van der Waals surface area contributed by atoms with Crippen LogP contribution in [0.25, 0.3) is 0 Å². The zero-order valence-corrected chi connectivity index (χ0v) is 21.5. The second-order valence-electron chi connectivity index (χ2n) is 10.1. The van der Waals surface area contributed by atoms with Gasteiger partial charge in [0, 0.05) is 18.5 Å². The summed E-state index contributed by atoms with van der Waals surface area (Å²) in [7, 11) is 3.39. The smallest absolute Gasteiger partial charge is 0.331 e. The predicted molar refractivity (Wildman–Crippen MR) is 132 cm³/mol. The van der Waals surface area contributed by atoms with Gasteiger partial charge in [-0.25, -0.2) is 4.79 Å². The Hall–Kier alpha value is -2.67. The van der Waals surface area contributed by atoms with Gasteiger partial charge in [0.1, 0.15) is 6.04 Å². The molecule has 7 nitrogen and oxygen atoms in total. The molecule has 0 saturated heterocycles. The molecule has 1 aromatic carbocycles. The number of amides is 2. The number of benzene rings is 1. The highest BCUT2D eigenvalue weighted by Gasteiger charge is 2.38. The van der Waals surface area contributed by atoms with Crippen molar-refractivity contribution in [3.8, 4) is 0 Å². The normalized spacial score (nSPS) is 16.0. The molecule has 3 N–H and O–H groups in total. The van der Waals surface area contributed by atoms with Gasteiger partial charge >= 0.3 is 5.97 Å². The van der Waals surface area contributed by atoms with Gasteiger partial charge in [-0.2, -0.15) is 0 Å². The number of carboxylic acids is 1. The molecular weight excluding hydrogens is 418 g/mol. The molecule has 0 aliphatic heterocycles. The van der Waals surface area contributed by atoms with Gasteiger partial charge in [-0.15, -0.1) is 0 Å². The summed E-state index contributed by atoms with van der Waals surface area (Å²) >= 11 is 0. The first-order chi connectivity index (χ1) is 15.2. The van der Waals surface area contributed by atoms with E-state index in [1.54, 1.807) is 25.1 Å². The molecule has 4 unspecified atom stereocenters.